The van der Waals surface area contributed by atoms with E-state index in [1.165, 1.54) is 17.2 Å². The quantitative estimate of drug-likeness (QED) is 0.344. The second kappa shape index (κ2) is 11.5. The van der Waals surface area contributed by atoms with Crippen LogP contribution in [0.1, 0.15) is 82.9 Å². The second-order valence-electron chi connectivity index (χ2n) is 6.89. The third kappa shape index (κ3) is 5.82. The van der Waals surface area contributed by atoms with Gasteiger partial charge in [0, 0.05) is 10.5 Å². The molecule has 2 atom stereocenters. The van der Waals surface area contributed by atoms with Gasteiger partial charge >= 0.3 is 11.9 Å². The summed E-state index contributed by atoms with van der Waals surface area (Å²) in [5, 5.41) is 19.3. The highest BCUT2D eigenvalue weighted by molar-refractivity contribution is 7.99. The molecular formula is C24H30O4S2. The van der Waals surface area contributed by atoms with E-state index in [1.54, 1.807) is 23.5 Å². The Balaban J connectivity index is 0.000000443. The van der Waals surface area contributed by atoms with Crippen LogP contribution in [0.5, 0.6) is 0 Å². The van der Waals surface area contributed by atoms with E-state index in [4.69, 9.17) is 0 Å². The highest BCUT2D eigenvalue weighted by atomic mass is 32.2. The van der Waals surface area contributed by atoms with Crippen LogP contribution in [-0.4, -0.2) is 33.7 Å². The maximum absolute atomic E-state index is 11.9. The van der Waals surface area contributed by atoms with Crippen molar-refractivity contribution in [1.82, 2.24) is 0 Å². The highest BCUT2D eigenvalue weighted by Crippen LogP contribution is 2.43. The molecule has 30 heavy (non-hydrogen) atoms. The fraction of sp³-hybridized carbons (Fsp3) is 0.417. The van der Waals surface area contributed by atoms with Gasteiger partial charge in [-0.15, -0.1) is 0 Å². The fourth-order valence-corrected chi connectivity index (χ4v) is 5.66. The molecule has 2 unspecified atom stereocenters. The molecule has 0 aliphatic heterocycles. The summed E-state index contributed by atoms with van der Waals surface area (Å²) in [6.07, 6.45) is 1.65. The lowest BCUT2D eigenvalue weighted by atomic mass is 9.90. The molecule has 6 heteroatoms. The van der Waals surface area contributed by atoms with Crippen molar-refractivity contribution in [2.24, 2.45) is 0 Å². The minimum absolute atomic E-state index is 0.0121. The maximum atomic E-state index is 11.9. The molecule has 0 saturated heterocycles. The average Bonchev–Trinajstić information content (AvgIpc) is 3.34. The SMILES string of the molecule is CCSC(CC)c1ccc(C(=O)O)c(C(=O)O)c1C(CC)SCC.c1cc2cc-2c1. The minimum atomic E-state index is -1.19. The van der Waals surface area contributed by atoms with Crippen molar-refractivity contribution in [2.75, 3.05) is 11.5 Å². The van der Waals surface area contributed by atoms with E-state index >= 15 is 0 Å². The van der Waals surface area contributed by atoms with Crippen molar-refractivity contribution >= 4 is 35.5 Å². The number of thioether (sulfide) groups is 2. The molecule has 4 nitrogen and oxygen atoms in total. The van der Waals surface area contributed by atoms with Crippen LogP contribution < -0.4 is 0 Å². The zero-order valence-electron chi connectivity index (χ0n) is 18.0. The average molecular weight is 447 g/mol. The van der Waals surface area contributed by atoms with Crippen molar-refractivity contribution in [3.05, 3.63) is 58.7 Å². The second-order valence-corrected chi connectivity index (χ2v) is 9.85. The van der Waals surface area contributed by atoms with Crippen LogP contribution in [0.25, 0.3) is 11.1 Å². The summed E-state index contributed by atoms with van der Waals surface area (Å²) < 4.78 is 0. The summed E-state index contributed by atoms with van der Waals surface area (Å²) in [4.78, 5) is 23.5. The van der Waals surface area contributed by atoms with Crippen LogP contribution >= 0.6 is 23.5 Å². The Morgan fingerprint density at radius 1 is 0.833 bits per heavy atom. The molecule has 162 valence electrons. The normalized spacial score (nSPS) is 13.1. The molecule has 0 fully saturated rings. The third-order valence-electron chi connectivity index (χ3n) is 4.98. The number of aromatic carboxylic acids is 2. The zero-order chi connectivity index (χ0) is 22.3. The molecule has 2 aliphatic carbocycles. The van der Waals surface area contributed by atoms with E-state index < -0.39 is 11.9 Å². The number of carbonyl (C=O) groups is 2. The van der Waals surface area contributed by atoms with Crippen LogP contribution in [0.2, 0.25) is 0 Å². The van der Waals surface area contributed by atoms with Gasteiger partial charge in [-0.3, -0.25) is 0 Å². The predicted octanol–water partition coefficient (Wildman–Crippen LogP) is 7.16. The Hall–Kier alpha value is -1.92. The maximum Gasteiger partial charge on any atom is 0.336 e. The van der Waals surface area contributed by atoms with E-state index in [0.29, 0.717) is 5.56 Å². The molecule has 1 aromatic carbocycles. The van der Waals surface area contributed by atoms with Gasteiger partial charge in [-0.1, -0.05) is 52.0 Å². The number of benzene rings is 2. The van der Waals surface area contributed by atoms with Crippen molar-refractivity contribution in [3.8, 4) is 11.1 Å². The number of fused-ring (bicyclic) bond motifs is 1. The largest absolute Gasteiger partial charge is 0.478 e. The van der Waals surface area contributed by atoms with Gasteiger partial charge in [-0.2, -0.15) is 23.5 Å². The lowest BCUT2D eigenvalue weighted by Gasteiger charge is -2.26. The molecule has 2 aliphatic rings. The summed E-state index contributed by atoms with van der Waals surface area (Å²) in [6, 6.07) is 11.8. The standard InChI is InChI=1S/C18H26O4S2.C6H4/c1-5-13(23-7-3)11-9-10-12(17(19)20)16(18(21)22)15(11)14(6-2)24-8-4;1-2-5-4-6(5)3-1/h9-10,13-14H,5-8H2,1-4H3,(H,19,20)(H,21,22);1-4H. The molecule has 0 bridgehead atoms. The van der Waals surface area contributed by atoms with Crippen LogP contribution in [-0.2, 0) is 0 Å². The highest BCUT2D eigenvalue weighted by Gasteiger charge is 2.29. The molecule has 0 spiro atoms. The van der Waals surface area contributed by atoms with Gasteiger partial charge in [0.05, 0.1) is 11.1 Å². The topological polar surface area (TPSA) is 74.6 Å². The zero-order valence-corrected chi connectivity index (χ0v) is 19.6. The Morgan fingerprint density at radius 2 is 1.40 bits per heavy atom. The third-order valence-corrected chi connectivity index (χ3v) is 7.61. The summed E-state index contributed by atoms with van der Waals surface area (Å²) in [5.74, 6) is -0.561. The van der Waals surface area contributed by atoms with E-state index in [2.05, 4.69) is 38.1 Å². The van der Waals surface area contributed by atoms with Crippen LogP contribution in [0.15, 0.2) is 36.4 Å². The molecule has 0 heterocycles. The number of rotatable bonds is 10. The number of hydrogen-bond donors (Lipinski definition) is 2. The van der Waals surface area contributed by atoms with Crippen LogP contribution in [0, 0.1) is 0 Å². The fourth-order valence-electron chi connectivity index (χ4n) is 3.58. The van der Waals surface area contributed by atoms with Gasteiger partial charge in [0.2, 0.25) is 0 Å². The minimum Gasteiger partial charge on any atom is -0.478 e. The van der Waals surface area contributed by atoms with Crippen LogP contribution in [0.4, 0.5) is 0 Å². The summed E-state index contributed by atoms with van der Waals surface area (Å²) >= 11 is 3.45. The van der Waals surface area contributed by atoms with Crippen molar-refractivity contribution in [1.29, 1.82) is 0 Å². The molecule has 0 radical (unpaired) electrons. The van der Waals surface area contributed by atoms with Crippen LogP contribution in [0.3, 0.4) is 0 Å². The molecule has 1 aromatic rings. The van der Waals surface area contributed by atoms with E-state index in [9.17, 15) is 19.8 Å². The number of hydrogen-bond acceptors (Lipinski definition) is 4. The lowest BCUT2D eigenvalue weighted by Crippen LogP contribution is -2.16. The van der Waals surface area contributed by atoms with E-state index in [1.807, 2.05) is 19.9 Å². The van der Waals surface area contributed by atoms with Gasteiger partial charge in [0.25, 0.3) is 0 Å². The first kappa shape index (κ1) is 24.4. The van der Waals surface area contributed by atoms with Crippen molar-refractivity contribution < 1.29 is 19.8 Å². The van der Waals surface area contributed by atoms with Gasteiger partial charge in [0.1, 0.15) is 0 Å². The Morgan fingerprint density at radius 3 is 1.77 bits per heavy atom. The molecule has 0 amide bonds. The molecule has 0 aromatic heterocycles. The van der Waals surface area contributed by atoms with E-state index in [-0.39, 0.29) is 21.6 Å². The summed E-state index contributed by atoms with van der Waals surface area (Å²) in [6.45, 7) is 8.21. The first-order valence-corrected chi connectivity index (χ1v) is 12.5. The Bertz CT molecular complexity index is 878. The van der Waals surface area contributed by atoms with Gasteiger partial charge < -0.3 is 10.2 Å². The number of carboxylic acids is 2. The summed E-state index contributed by atoms with van der Waals surface area (Å²) in [7, 11) is 0. The first-order valence-electron chi connectivity index (χ1n) is 10.4. The monoisotopic (exact) mass is 446 g/mol. The van der Waals surface area contributed by atoms with Crippen molar-refractivity contribution in [2.45, 2.75) is 51.0 Å². The molecular weight excluding hydrogens is 416 g/mol. The Kier molecular flexibility index (Phi) is 9.31. The molecule has 2 N–H and O–H groups in total. The smallest absolute Gasteiger partial charge is 0.336 e. The molecule has 0 saturated carbocycles. The van der Waals surface area contributed by atoms with Gasteiger partial charge in [-0.25, -0.2) is 9.59 Å². The van der Waals surface area contributed by atoms with Gasteiger partial charge in [-0.05, 0) is 58.7 Å². The first-order chi connectivity index (χ1) is 14.4. The Labute approximate surface area is 187 Å². The molecule has 3 rings (SSSR count). The van der Waals surface area contributed by atoms with E-state index in [0.717, 1.165) is 29.9 Å². The summed E-state index contributed by atoms with van der Waals surface area (Å²) in [5.41, 5.74) is 4.37. The number of carboxylic acid groups (broad SMARTS) is 2. The predicted molar refractivity (Wildman–Crippen MR) is 128 cm³/mol. The lowest BCUT2D eigenvalue weighted by molar-refractivity contribution is 0.0650. The van der Waals surface area contributed by atoms with Crippen molar-refractivity contribution in [3.63, 3.8) is 0 Å². The van der Waals surface area contributed by atoms with Gasteiger partial charge in [0.15, 0.2) is 0 Å².